The van der Waals surface area contributed by atoms with Crippen LogP contribution in [-0.4, -0.2) is 55.3 Å². The number of carbonyl (C=O) groups excluding carboxylic acids is 2. The highest BCUT2D eigenvalue weighted by atomic mass is 32.2. The number of nitrogens with zero attached hydrogens (tertiary/aromatic N) is 2. The smallest absolute Gasteiger partial charge is 0.279 e. The summed E-state index contributed by atoms with van der Waals surface area (Å²) in [6, 6.07) is 15.4. The number of nitrogens with two attached hydrogens (primary N) is 1. The minimum absolute atomic E-state index is 0.0457. The molecule has 3 aromatic rings. The predicted molar refractivity (Wildman–Crippen MR) is 164 cm³/mol. The number of sulfonamides is 1. The van der Waals surface area contributed by atoms with Crippen molar-refractivity contribution in [2.45, 2.75) is 74.9 Å². The second-order valence-electron chi connectivity index (χ2n) is 11.5. The Hall–Kier alpha value is -3.28. The van der Waals surface area contributed by atoms with Gasteiger partial charge >= 0.3 is 0 Å². The van der Waals surface area contributed by atoms with Gasteiger partial charge in [-0.15, -0.1) is 11.3 Å². The quantitative estimate of drug-likeness (QED) is 0.317. The number of hydrogen-bond donors (Lipinski definition) is 3. The normalized spacial score (nSPS) is 18.3. The van der Waals surface area contributed by atoms with Gasteiger partial charge in [-0.05, 0) is 73.4 Å². The van der Waals surface area contributed by atoms with Crippen molar-refractivity contribution in [2.75, 3.05) is 17.8 Å². The number of aromatic nitrogens is 1. The van der Waals surface area contributed by atoms with Crippen LogP contribution in [0.2, 0.25) is 0 Å². The lowest BCUT2D eigenvalue weighted by atomic mass is 9.72. The fourth-order valence-electron chi connectivity index (χ4n) is 5.99. The zero-order valence-corrected chi connectivity index (χ0v) is 25.3. The highest BCUT2D eigenvalue weighted by Crippen LogP contribution is 2.37. The number of carbonyl (C=O) groups is 2. The lowest BCUT2D eigenvalue weighted by molar-refractivity contribution is -0.141. The first-order valence-corrected chi connectivity index (χ1v) is 17.0. The second kappa shape index (κ2) is 13.4. The van der Waals surface area contributed by atoms with Gasteiger partial charge in [0.05, 0.1) is 11.5 Å². The Labute approximate surface area is 252 Å². The maximum atomic E-state index is 13.9. The van der Waals surface area contributed by atoms with E-state index in [1.54, 1.807) is 40.5 Å². The number of amides is 2. The molecule has 1 saturated carbocycles. The molecule has 2 aliphatic rings. The van der Waals surface area contributed by atoms with E-state index in [1.807, 2.05) is 29.6 Å². The Balaban J connectivity index is 1.28. The molecule has 2 fully saturated rings. The van der Waals surface area contributed by atoms with Crippen molar-refractivity contribution < 1.29 is 18.0 Å². The predicted octanol–water partition coefficient (Wildman–Crippen LogP) is 4.11. The number of anilines is 1. The standard InChI is InChI=1S/C31H39N5O4S2/c32-27(21-26-9-6-20-41-26)29(37)36-18-15-31(16-19-36,30(38)34-24-7-2-1-3-8-24)22-23-11-13-25(14-12-23)35-42(39,40)28-10-4-5-17-33-28/h4-6,9-14,17,20,24,27,35H,1-3,7-8,15-16,18-19,21-22,32H2,(H,34,38)/t27-/m0/s1. The number of likely N-dealkylation sites (tertiary alicyclic amines) is 1. The van der Waals surface area contributed by atoms with Crippen LogP contribution in [0.25, 0.3) is 0 Å². The van der Waals surface area contributed by atoms with Gasteiger partial charge < -0.3 is 16.0 Å². The van der Waals surface area contributed by atoms with E-state index < -0.39 is 21.5 Å². The van der Waals surface area contributed by atoms with Crippen LogP contribution in [0, 0.1) is 5.41 Å². The minimum Gasteiger partial charge on any atom is -0.353 e. The van der Waals surface area contributed by atoms with E-state index in [-0.39, 0.29) is 22.9 Å². The Kier molecular flexibility index (Phi) is 9.60. The molecule has 0 unspecified atom stereocenters. The van der Waals surface area contributed by atoms with Crippen LogP contribution in [0.4, 0.5) is 5.69 Å². The second-order valence-corrected chi connectivity index (χ2v) is 14.1. The highest BCUT2D eigenvalue weighted by Gasteiger charge is 2.43. The van der Waals surface area contributed by atoms with E-state index in [2.05, 4.69) is 15.0 Å². The first kappa shape index (κ1) is 30.2. The molecule has 11 heteroatoms. The number of rotatable bonds is 10. The SMILES string of the molecule is N[C@@H](Cc1cccs1)C(=O)N1CCC(Cc2ccc(NS(=O)(=O)c3ccccn3)cc2)(C(=O)NC2CCCCC2)CC1. The molecule has 0 radical (unpaired) electrons. The molecule has 0 bridgehead atoms. The molecule has 3 heterocycles. The van der Waals surface area contributed by atoms with Crippen LogP contribution in [0.15, 0.2) is 71.2 Å². The molecule has 42 heavy (non-hydrogen) atoms. The van der Waals surface area contributed by atoms with Gasteiger partial charge in [0.25, 0.3) is 10.0 Å². The molecule has 9 nitrogen and oxygen atoms in total. The molecule has 1 saturated heterocycles. The monoisotopic (exact) mass is 609 g/mol. The molecule has 5 rings (SSSR count). The van der Waals surface area contributed by atoms with E-state index in [4.69, 9.17) is 5.73 Å². The van der Waals surface area contributed by atoms with E-state index >= 15 is 0 Å². The van der Waals surface area contributed by atoms with Crippen LogP contribution in [0.1, 0.15) is 55.4 Å². The molecular weight excluding hydrogens is 571 g/mol. The number of nitrogens with one attached hydrogen (secondary N) is 2. The first-order chi connectivity index (χ1) is 20.2. The van der Waals surface area contributed by atoms with Crippen LogP contribution in [0.5, 0.6) is 0 Å². The Morgan fingerprint density at radius 3 is 2.40 bits per heavy atom. The molecule has 1 aliphatic carbocycles. The Bertz CT molecular complexity index is 1430. The first-order valence-electron chi connectivity index (χ1n) is 14.6. The van der Waals surface area contributed by atoms with E-state index in [0.29, 0.717) is 44.5 Å². The number of thiophene rings is 1. The van der Waals surface area contributed by atoms with Gasteiger partial charge in [0, 0.05) is 42.3 Å². The average Bonchev–Trinajstić information content (AvgIpc) is 3.52. The zero-order chi connectivity index (χ0) is 29.6. The number of pyridine rings is 1. The summed E-state index contributed by atoms with van der Waals surface area (Å²) >= 11 is 1.59. The summed E-state index contributed by atoms with van der Waals surface area (Å²) in [7, 11) is -3.81. The van der Waals surface area contributed by atoms with Crippen molar-refractivity contribution in [3.8, 4) is 0 Å². The van der Waals surface area contributed by atoms with Gasteiger partial charge in [0.15, 0.2) is 5.03 Å². The molecule has 0 spiro atoms. The van der Waals surface area contributed by atoms with Crippen molar-refractivity contribution in [1.82, 2.24) is 15.2 Å². The maximum Gasteiger partial charge on any atom is 0.279 e. The summed E-state index contributed by atoms with van der Waals surface area (Å²) in [6.07, 6.45) is 8.97. The van der Waals surface area contributed by atoms with Crippen LogP contribution < -0.4 is 15.8 Å². The minimum atomic E-state index is -3.81. The van der Waals surface area contributed by atoms with Gasteiger partial charge in [-0.2, -0.15) is 8.42 Å². The Morgan fingerprint density at radius 2 is 1.76 bits per heavy atom. The van der Waals surface area contributed by atoms with Crippen LogP contribution >= 0.6 is 11.3 Å². The van der Waals surface area contributed by atoms with E-state index in [1.165, 1.54) is 18.7 Å². The fourth-order valence-corrected chi connectivity index (χ4v) is 7.76. The molecule has 2 amide bonds. The molecule has 224 valence electrons. The fraction of sp³-hybridized carbons (Fsp3) is 0.452. The lowest BCUT2D eigenvalue weighted by Crippen LogP contribution is -2.55. The summed E-state index contributed by atoms with van der Waals surface area (Å²) in [4.78, 5) is 33.9. The largest absolute Gasteiger partial charge is 0.353 e. The third-order valence-corrected chi connectivity index (χ3v) is 10.6. The van der Waals surface area contributed by atoms with Gasteiger partial charge in [0.2, 0.25) is 11.8 Å². The van der Waals surface area contributed by atoms with E-state index in [9.17, 15) is 18.0 Å². The van der Waals surface area contributed by atoms with Crippen LogP contribution in [-0.2, 0) is 32.5 Å². The van der Waals surface area contributed by atoms with Crippen molar-refractivity contribution in [3.05, 3.63) is 76.6 Å². The average molecular weight is 610 g/mol. The van der Waals surface area contributed by atoms with Gasteiger partial charge in [-0.25, -0.2) is 4.98 Å². The number of hydrogen-bond acceptors (Lipinski definition) is 7. The third-order valence-electron chi connectivity index (χ3n) is 8.43. The van der Waals surface area contributed by atoms with Gasteiger partial charge in [-0.1, -0.05) is 43.5 Å². The molecular formula is C31H39N5O4S2. The summed E-state index contributed by atoms with van der Waals surface area (Å²) in [5.41, 5.74) is 6.98. The lowest BCUT2D eigenvalue weighted by Gasteiger charge is -2.42. The van der Waals surface area contributed by atoms with Gasteiger partial charge in [-0.3, -0.25) is 14.3 Å². The van der Waals surface area contributed by atoms with Crippen molar-refractivity contribution >= 4 is 38.9 Å². The summed E-state index contributed by atoms with van der Waals surface area (Å²) in [6.45, 7) is 0.939. The zero-order valence-electron chi connectivity index (χ0n) is 23.7. The van der Waals surface area contributed by atoms with E-state index in [0.717, 1.165) is 36.1 Å². The summed E-state index contributed by atoms with van der Waals surface area (Å²) < 4.78 is 27.9. The Morgan fingerprint density at radius 1 is 1.02 bits per heavy atom. The topological polar surface area (TPSA) is 134 Å². The highest BCUT2D eigenvalue weighted by molar-refractivity contribution is 7.92. The summed E-state index contributed by atoms with van der Waals surface area (Å²) in [5, 5.41) is 5.27. The third kappa shape index (κ3) is 7.37. The van der Waals surface area contributed by atoms with Crippen molar-refractivity contribution in [1.29, 1.82) is 0 Å². The van der Waals surface area contributed by atoms with Crippen molar-refractivity contribution in [3.63, 3.8) is 0 Å². The van der Waals surface area contributed by atoms with Crippen LogP contribution in [0.3, 0.4) is 0 Å². The maximum absolute atomic E-state index is 13.9. The number of piperidine rings is 1. The molecule has 1 aromatic carbocycles. The number of benzene rings is 1. The summed E-state index contributed by atoms with van der Waals surface area (Å²) in [5.74, 6) is -0.0291. The molecule has 2 aromatic heterocycles. The molecule has 1 atom stereocenters. The molecule has 1 aliphatic heterocycles. The molecule has 4 N–H and O–H groups in total. The van der Waals surface area contributed by atoms with Crippen molar-refractivity contribution in [2.24, 2.45) is 11.1 Å². The van der Waals surface area contributed by atoms with Gasteiger partial charge in [0.1, 0.15) is 0 Å².